The molecule has 3 rings (SSSR count). The van der Waals surface area contributed by atoms with Crippen molar-refractivity contribution in [3.05, 3.63) is 56.4 Å². The summed E-state index contributed by atoms with van der Waals surface area (Å²) < 4.78 is 0. The normalized spacial score (nSPS) is 17.1. The van der Waals surface area contributed by atoms with Crippen molar-refractivity contribution in [3.8, 4) is 11.1 Å². The number of amides is 2. The number of carbonyl (C=O) groups excluding carboxylic acids is 2. The molecule has 0 aliphatic carbocycles. The van der Waals surface area contributed by atoms with E-state index in [0.29, 0.717) is 35.5 Å². The van der Waals surface area contributed by atoms with Crippen molar-refractivity contribution in [3.63, 3.8) is 0 Å². The summed E-state index contributed by atoms with van der Waals surface area (Å²) in [5, 5.41) is 2.80. The van der Waals surface area contributed by atoms with Gasteiger partial charge in [0, 0.05) is 24.3 Å². The zero-order valence-electron chi connectivity index (χ0n) is 15.5. The maximum atomic E-state index is 13.1. The van der Waals surface area contributed by atoms with Gasteiger partial charge in [0.15, 0.2) is 0 Å². The predicted molar refractivity (Wildman–Crippen MR) is 101 cm³/mol. The van der Waals surface area contributed by atoms with Gasteiger partial charge in [-0.05, 0) is 30.5 Å². The van der Waals surface area contributed by atoms with E-state index in [0.717, 1.165) is 0 Å². The molecule has 1 aromatic heterocycles. The quantitative estimate of drug-likeness (QED) is 0.735. The lowest BCUT2D eigenvalue weighted by Crippen LogP contribution is -2.59. The van der Waals surface area contributed by atoms with Crippen molar-refractivity contribution < 1.29 is 9.59 Å². The van der Waals surface area contributed by atoms with Gasteiger partial charge in [0.1, 0.15) is 6.04 Å². The van der Waals surface area contributed by atoms with Gasteiger partial charge in [-0.2, -0.15) is 0 Å². The molecular weight excluding hydrogens is 348 g/mol. The molecule has 0 unspecified atom stereocenters. The highest BCUT2D eigenvalue weighted by Gasteiger charge is 2.35. The molecule has 8 nitrogen and oxygen atoms in total. The Morgan fingerprint density at radius 2 is 1.93 bits per heavy atom. The maximum absolute atomic E-state index is 13.1. The minimum Gasteiger partial charge on any atom is -0.353 e. The van der Waals surface area contributed by atoms with Crippen LogP contribution < -0.4 is 16.6 Å². The van der Waals surface area contributed by atoms with Crippen LogP contribution in [0, 0.1) is 12.8 Å². The van der Waals surface area contributed by atoms with Crippen LogP contribution in [0.5, 0.6) is 0 Å². The van der Waals surface area contributed by atoms with Crippen molar-refractivity contribution >= 4 is 11.8 Å². The lowest BCUT2D eigenvalue weighted by Gasteiger charge is -2.37. The van der Waals surface area contributed by atoms with Crippen molar-refractivity contribution in [2.75, 3.05) is 13.1 Å². The second-order valence-electron chi connectivity index (χ2n) is 6.97. The first-order chi connectivity index (χ1) is 12.8. The molecule has 0 radical (unpaired) electrons. The molecule has 142 valence electrons. The van der Waals surface area contributed by atoms with Crippen LogP contribution in [-0.2, 0) is 4.79 Å². The van der Waals surface area contributed by atoms with E-state index >= 15 is 0 Å². The summed E-state index contributed by atoms with van der Waals surface area (Å²) in [4.78, 5) is 55.2. The van der Waals surface area contributed by atoms with Crippen LogP contribution in [0.25, 0.3) is 11.1 Å². The molecule has 2 amide bonds. The zero-order chi connectivity index (χ0) is 19.7. The van der Waals surface area contributed by atoms with Crippen LogP contribution in [0.2, 0.25) is 0 Å². The van der Waals surface area contributed by atoms with Crippen LogP contribution in [-0.4, -0.2) is 45.8 Å². The van der Waals surface area contributed by atoms with Crippen molar-refractivity contribution in [2.45, 2.75) is 26.8 Å². The predicted octanol–water partition coefficient (Wildman–Crippen LogP) is 0.635. The molecule has 1 fully saturated rings. The number of aryl methyl sites for hydroxylation is 1. The first-order valence-electron chi connectivity index (χ1n) is 8.82. The number of H-pyrrole nitrogens is 2. The van der Waals surface area contributed by atoms with Gasteiger partial charge in [-0.25, -0.2) is 4.79 Å². The van der Waals surface area contributed by atoms with Crippen LogP contribution in [0.1, 0.15) is 29.9 Å². The monoisotopic (exact) mass is 370 g/mol. The van der Waals surface area contributed by atoms with Crippen LogP contribution in [0.15, 0.2) is 33.9 Å². The van der Waals surface area contributed by atoms with E-state index in [1.807, 2.05) is 13.8 Å². The van der Waals surface area contributed by atoms with Crippen molar-refractivity contribution in [1.82, 2.24) is 20.2 Å². The van der Waals surface area contributed by atoms with Crippen LogP contribution >= 0.6 is 0 Å². The van der Waals surface area contributed by atoms with Gasteiger partial charge in [0.05, 0.1) is 5.56 Å². The topological polar surface area (TPSA) is 115 Å². The summed E-state index contributed by atoms with van der Waals surface area (Å²) in [6.07, 6.45) is 0. The molecule has 1 aliphatic heterocycles. The summed E-state index contributed by atoms with van der Waals surface area (Å²) in [6.45, 7) is 6.26. The Hall–Kier alpha value is -3.16. The number of nitrogens with one attached hydrogen (secondary N) is 3. The van der Waals surface area contributed by atoms with Crippen molar-refractivity contribution in [1.29, 1.82) is 0 Å². The molecule has 2 heterocycles. The Morgan fingerprint density at radius 1 is 1.19 bits per heavy atom. The second-order valence-corrected chi connectivity index (χ2v) is 6.97. The van der Waals surface area contributed by atoms with Gasteiger partial charge < -0.3 is 15.2 Å². The summed E-state index contributed by atoms with van der Waals surface area (Å²) in [5.74, 6) is -0.445. The molecule has 0 bridgehead atoms. The number of aromatic nitrogens is 2. The number of piperazine rings is 1. The third kappa shape index (κ3) is 3.55. The molecule has 1 atom stereocenters. The Morgan fingerprint density at radius 3 is 2.59 bits per heavy atom. The number of hydrogen-bond donors (Lipinski definition) is 3. The average Bonchev–Trinajstić information content (AvgIpc) is 2.60. The molecule has 3 N–H and O–H groups in total. The summed E-state index contributed by atoms with van der Waals surface area (Å²) in [7, 11) is 0. The lowest BCUT2D eigenvalue weighted by atomic mass is 9.97. The molecule has 8 heteroatoms. The molecule has 0 spiro atoms. The Bertz CT molecular complexity index is 1010. The average molecular weight is 370 g/mol. The summed E-state index contributed by atoms with van der Waals surface area (Å²) in [6, 6.07) is 6.12. The van der Waals surface area contributed by atoms with Crippen LogP contribution in [0.3, 0.4) is 0 Å². The highest BCUT2D eigenvalue weighted by atomic mass is 16.2. The standard InChI is InChI=1S/C19H22N4O4/c1-10(2)15-17(25)20-7-8-23(15)18(26)13-6-4-5-12(9-13)14-11(3)21-19(27)22-16(14)24/h4-6,9-10,15H,7-8H2,1-3H3,(H,20,25)(H2,21,22,24,27)/t15-/m0/s1. The van der Waals surface area contributed by atoms with Gasteiger partial charge in [0.25, 0.3) is 11.5 Å². The van der Waals surface area contributed by atoms with E-state index in [2.05, 4.69) is 15.3 Å². The van der Waals surface area contributed by atoms with E-state index in [1.165, 1.54) is 0 Å². The minimum absolute atomic E-state index is 0.0262. The fraction of sp³-hybridized carbons (Fsp3) is 0.368. The SMILES string of the molecule is Cc1[nH]c(=O)[nH]c(=O)c1-c1cccc(C(=O)N2CCNC(=O)[C@@H]2C(C)C)c1. The van der Waals surface area contributed by atoms with E-state index in [4.69, 9.17) is 0 Å². The zero-order valence-corrected chi connectivity index (χ0v) is 15.5. The minimum atomic E-state index is -0.576. The number of carbonyl (C=O) groups is 2. The lowest BCUT2D eigenvalue weighted by molar-refractivity contribution is -0.129. The summed E-state index contributed by atoms with van der Waals surface area (Å²) >= 11 is 0. The smallest absolute Gasteiger partial charge is 0.325 e. The van der Waals surface area contributed by atoms with Gasteiger partial charge in [-0.1, -0.05) is 26.0 Å². The molecule has 1 saturated heterocycles. The maximum Gasteiger partial charge on any atom is 0.325 e. The van der Waals surface area contributed by atoms with E-state index in [1.54, 1.807) is 36.1 Å². The number of aromatic amines is 2. The third-order valence-electron chi connectivity index (χ3n) is 4.68. The molecule has 1 aromatic carbocycles. The largest absolute Gasteiger partial charge is 0.353 e. The molecule has 2 aromatic rings. The van der Waals surface area contributed by atoms with Crippen LogP contribution in [0.4, 0.5) is 0 Å². The van der Waals surface area contributed by atoms with Gasteiger partial charge in [0.2, 0.25) is 5.91 Å². The van der Waals surface area contributed by atoms with E-state index in [9.17, 15) is 19.2 Å². The second kappa shape index (κ2) is 7.22. The number of rotatable bonds is 3. The van der Waals surface area contributed by atoms with Gasteiger partial charge in [-0.15, -0.1) is 0 Å². The van der Waals surface area contributed by atoms with Crippen molar-refractivity contribution in [2.24, 2.45) is 5.92 Å². The Kier molecular flexibility index (Phi) is 4.98. The fourth-order valence-electron chi connectivity index (χ4n) is 3.50. The number of nitrogens with zero attached hydrogens (tertiary/aromatic N) is 1. The highest BCUT2D eigenvalue weighted by Crippen LogP contribution is 2.22. The first-order valence-corrected chi connectivity index (χ1v) is 8.82. The molecule has 0 saturated carbocycles. The highest BCUT2D eigenvalue weighted by molar-refractivity contribution is 5.99. The Balaban J connectivity index is 2.01. The van der Waals surface area contributed by atoms with E-state index < -0.39 is 17.3 Å². The molecular formula is C19H22N4O4. The molecule has 1 aliphatic rings. The Labute approximate surface area is 155 Å². The number of hydrogen-bond acceptors (Lipinski definition) is 4. The summed E-state index contributed by atoms with van der Waals surface area (Å²) in [5.41, 5.74) is 0.550. The first kappa shape index (κ1) is 18.6. The van der Waals surface area contributed by atoms with Gasteiger partial charge in [-0.3, -0.25) is 19.4 Å². The van der Waals surface area contributed by atoms with Gasteiger partial charge >= 0.3 is 5.69 Å². The third-order valence-corrected chi connectivity index (χ3v) is 4.68. The van der Waals surface area contributed by atoms with E-state index in [-0.39, 0.29) is 17.7 Å². The number of benzene rings is 1. The fourth-order valence-corrected chi connectivity index (χ4v) is 3.50. The molecule has 27 heavy (non-hydrogen) atoms.